The first-order valence-corrected chi connectivity index (χ1v) is 11.3. The molecular weight excluding hydrogens is 403 g/mol. The first-order valence-electron chi connectivity index (χ1n) is 11.3. The number of likely N-dealkylation sites (tertiary alicyclic amines) is 1. The molecule has 0 radical (unpaired) electrons. The van der Waals surface area contributed by atoms with Crippen molar-refractivity contribution in [3.63, 3.8) is 0 Å². The number of terminal acetylenes is 1. The van der Waals surface area contributed by atoms with Gasteiger partial charge in [-0.3, -0.25) is 9.69 Å². The molecule has 2 aromatic carbocycles. The highest BCUT2D eigenvalue weighted by Gasteiger charge is 2.21. The van der Waals surface area contributed by atoms with Crippen LogP contribution >= 0.6 is 0 Å². The van der Waals surface area contributed by atoms with Crippen molar-refractivity contribution in [1.29, 1.82) is 0 Å². The smallest absolute Gasteiger partial charge is 0.306 e. The Hall–Kier alpha value is -2.68. The van der Waals surface area contributed by atoms with Crippen LogP contribution in [0.4, 0.5) is 4.39 Å². The molecule has 0 atom stereocenters. The molecule has 174 valence electrons. The minimum atomic E-state index is -0.178. The summed E-state index contributed by atoms with van der Waals surface area (Å²) in [6.07, 6.45) is 9.56. The van der Waals surface area contributed by atoms with Crippen molar-refractivity contribution < 1.29 is 13.9 Å². The number of hydrogen-bond donors (Lipinski definition) is 1. The van der Waals surface area contributed by atoms with E-state index >= 15 is 0 Å². The molecule has 1 aliphatic rings. The van der Waals surface area contributed by atoms with Gasteiger partial charge in [-0.1, -0.05) is 55.3 Å². The number of ether oxygens (including phenoxy) is 1. The third-order valence-corrected chi connectivity index (χ3v) is 5.01. The Bertz CT molecular complexity index is 797. The molecule has 1 saturated heterocycles. The third kappa shape index (κ3) is 12.2. The van der Waals surface area contributed by atoms with Gasteiger partial charge in [0.2, 0.25) is 0 Å². The fourth-order valence-electron chi connectivity index (χ4n) is 3.22. The average molecular weight is 441 g/mol. The molecule has 1 fully saturated rings. The zero-order chi connectivity index (χ0) is 23.6. The van der Waals surface area contributed by atoms with E-state index in [-0.39, 0.29) is 17.9 Å². The van der Waals surface area contributed by atoms with E-state index in [0.717, 1.165) is 45.3 Å². The number of hydrogen-bond acceptors (Lipinski definition) is 4. The molecule has 32 heavy (non-hydrogen) atoms. The molecule has 0 aromatic heterocycles. The zero-order valence-electron chi connectivity index (χ0n) is 19.4. The molecule has 0 saturated carbocycles. The topological polar surface area (TPSA) is 55.6 Å². The van der Waals surface area contributed by atoms with Gasteiger partial charge in [0.05, 0.1) is 6.54 Å². The summed E-state index contributed by atoms with van der Waals surface area (Å²) < 4.78 is 17.2. The van der Waals surface area contributed by atoms with Crippen LogP contribution in [-0.2, 0) is 16.0 Å². The summed E-state index contributed by atoms with van der Waals surface area (Å²) in [5.41, 5.74) is 8.14. The van der Waals surface area contributed by atoms with Crippen LogP contribution in [0.15, 0.2) is 54.6 Å². The van der Waals surface area contributed by atoms with Crippen LogP contribution in [0.2, 0.25) is 0 Å². The lowest BCUT2D eigenvalue weighted by molar-refractivity contribution is -0.151. The van der Waals surface area contributed by atoms with Crippen molar-refractivity contribution in [2.45, 2.75) is 52.1 Å². The maximum Gasteiger partial charge on any atom is 0.306 e. The normalized spacial score (nSPS) is 13.6. The molecule has 0 unspecified atom stereocenters. The summed E-state index contributed by atoms with van der Waals surface area (Å²) in [4.78, 5) is 13.5. The molecule has 3 rings (SSSR count). The van der Waals surface area contributed by atoms with Gasteiger partial charge in [-0.15, -0.1) is 6.42 Å². The number of esters is 1. The third-order valence-electron chi connectivity index (χ3n) is 5.01. The van der Waals surface area contributed by atoms with E-state index in [1.807, 2.05) is 6.92 Å². The summed E-state index contributed by atoms with van der Waals surface area (Å²) in [5.74, 6) is 2.39. The van der Waals surface area contributed by atoms with Crippen LogP contribution in [0, 0.1) is 25.1 Å². The molecule has 0 bridgehead atoms. The van der Waals surface area contributed by atoms with E-state index in [0.29, 0.717) is 13.0 Å². The van der Waals surface area contributed by atoms with Crippen LogP contribution in [0.25, 0.3) is 0 Å². The number of nitrogens with zero attached hydrogens (tertiary/aromatic N) is 1. The molecule has 1 heterocycles. The molecule has 0 aliphatic carbocycles. The van der Waals surface area contributed by atoms with Crippen molar-refractivity contribution in [3.05, 3.63) is 71.5 Å². The van der Waals surface area contributed by atoms with E-state index < -0.39 is 0 Å². The van der Waals surface area contributed by atoms with Gasteiger partial charge in [0, 0.05) is 19.5 Å². The fourth-order valence-corrected chi connectivity index (χ4v) is 3.22. The van der Waals surface area contributed by atoms with Gasteiger partial charge < -0.3 is 10.5 Å². The monoisotopic (exact) mass is 440 g/mol. The number of benzene rings is 2. The van der Waals surface area contributed by atoms with E-state index in [1.54, 1.807) is 18.2 Å². The highest BCUT2D eigenvalue weighted by molar-refractivity contribution is 5.69. The Morgan fingerprint density at radius 2 is 1.78 bits per heavy atom. The van der Waals surface area contributed by atoms with E-state index in [4.69, 9.17) is 16.9 Å². The number of halogens is 1. The molecule has 5 heteroatoms. The van der Waals surface area contributed by atoms with Gasteiger partial charge in [-0.05, 0) is 62.4 Å². The minimum absolute atomic E-state index is 0.0621. The molecule has 2 aromatic rings. The number of rotatable bonds is 6. The van der Waals surface area contributed by atoms with Crippen LogP contribution in [0.1, 0.15) is 43.7 Å². The molecule has 2 N–H and O–H groups in total. The van der Waals surface area contributed by atoms with Crippen LogP contribution in [-0.4, -0.2) is 43.2 Å². The molecule has 1 aliphatic heterocycles. The fraction of sp³-hybridized carbons (Fsp3) is 0.444. The maximum atomic E-state index is 11.9. The Morgan fingerprint density at radius 3 is 2.28 bits per heavy atom. The first kappa shape index (κ1) is 27.4. The summed E-state index contributed by atoms with van der Waals surface area (Å²) in [6, 6.07) is 16.3. The molecule has 0 amide bonds. The second-order valence-electron chi connectivity index (χ2n) is 7.68. The summed E-state index contributed by atoms with van der Waals surface area (Å²) in [6.45, 7) is 7.42. The highest BCUT2D eigenvalue weighted by Crippen LogP contribution is 2.14. The highest BCUT2D eigenvalue weighted by atomic mass is 19.1. The van der Waals surface area contributed by atoms with Gasteiger partial charge in [0.25, 0.3) is 0 Å². The van der Waals surface area contributed by atoms with Gasteiger partial charge in [0.1, 0.15) is 11.9 Å². The Kier molecular flexibility index (Phi) is 14.5. The van der Waals surface area contributed by atoms with Crippen LogP contribution in [0.5, 0.6) is 0 Å². The zero-order valence-corrected chi connectivity index (χ0v) is 19.4. The number of aryl methyl sites for hydroxylation is 1. The molecular formula is C27H37FN2O2. The predicted molar refractivity (Wildman–Crippen MR) is 130 cm³/mol. The number of carbonyl (C=O) groups excluding carboxylic acids is 1. The van der Waals surface area contributed by atoms with Crippen molar-refractivity contribution in [2.24, 2.45) is 5.73 Å². The lowest BCUT2D eigenvalue weighted by atomic mass is 10.1. The molecule has 0 spiro atoms. The van der Waals surface area contributed by atoms with Gasteiger partial charge in [0.15, 0.2) is 0 Å². The van der Waals surface area contributed by atoms with Gasteiger partial charge in [-0.2, -0.15) is 0 Å². The average Bonchev–Trinajstić information content (AvgIpc) is 2.79. The predicted octanol–water partition coefficient (Wildman–Crippen LogP) is 4.75. The van der Waals surface area contributed by atoms with Crippen molar-refractivity contribution in [1.82, 2.24) is 4.90 Å². The first-order chi connectivity index (χ1) is 15.5. The summed E-state index contributed by atoms with van der Waals surface area (Å²) in [5, 5.41) is 0. The van der Waals surface area contributed by atoms with Crippen LogP contribution < -0.4 is 5.73 Å². The van der Waals surface area contributed by atoms with Crippen molar-refractivity contribution in [3.8, 4) is 12.3 Å². The van der Waals surface area contributed by atoms with E-state index in [9.17, 15) is 9.18 Å². The van der Waals surface area contributed by atoms with Crippen molar-refractivity contribution >= 4 is 5.97 Å². The standard InChI is InChI=1S/C12H19NO2.C9H13N.C6H5F/c1-3-5-12(14)15-11-6-9-13(8-4-2)10-7-11;1-8-4-2-3-5-9(8)6-7-10;7-6-4-2-1-3-5-6/h2,11H,3,5-10H2,1H3;2-5H,6-7,10H2,1H3;1-5H. The van der Waals surface area contributed by atoms with Crippen LogP contribution in [0.3, 0.4) is 0 Å². The quantitative estimate of drug-likeness (QED) is 0.520. The number of carbonyl (C=O) groups is 1. The number of nitrogens with two attached hydrogens (primary N) is 1. The van der Waals surface area contributed by atoms with Gasteiger partial charge >= 0.3 is 5.97 Å². The summed E-state index contributed by atoms with van der Waals surface area (Å²) >= 11 is 0. The second kappa shape index (κ2) is 16.9. The second-order valence-corrected chi connectivity index (χ2v) is 7.68. The van der Waals surface area contributed by atoms with E-state index in [1.165, 1.54) is 23.3 Å². The minimum Gasteiger partial charge on any atom is -0.462 e. The lowest BCUT2D eigenvalue weighted by Crippen LogP contribution is -2.37. The van der Waals surface area contributed by atoms with E-state index in [2.05, 4.69) is 42.0 Å². The van der Waals surface area contributed by atoms with Gasteiger partial charge in [-0.25, -0.2) is 4.39 Å². The summed E-state index contributed by atoms with van der Waals surface area (Å²) in [7, 11) is 0. The largest absolute Gasteiger partial charge is 0.462 e. The Balaban J connectivity index is 0.000000259. The molecule has 4 nitrogen and oxygen atoms in total. The number of piperidine rings is 1. The van der Waals surface area contributed by atoms with Crippen molar-refractivity contribution in [2.75, 3.05) is 26.2 Å². The Morgan fingerprint density at radius 1 is 1.16 bits per heavy atom. The Labute approximate surface area is 193 Å². The SMILES string of the molecule is C#CCN1CCC(OC(=O)CCC)CC1.Cc1ccccc1CCN.Fc1ccccc1. The maximum absolute atomic E-state index is 11.9. The lowest BCUT2D eigenvalue weighted by Gasteiger charge is -2.30.